The van der Waals surface area contributed by atoms with Crippen LogP contribution in [0.3, 0.4) is 0 Å². The Bertz CT molecular complexity index is 891. The highest BCUT2D eigenvalue weighted by Gasteiger charge is 2.29. The van der Waals surface area contributed by atoms with Gasteiger partial charge in [0.25, 0.3) is 0 Å². The average Bonchev–Trinajstić information content (AvgIpc) is 3.42. The van der Waals surface area contributed by atoms with E-state index in [-0.39, 0.29) is 35.2 Å². The van der Waals surface area contributed by atoms with Gasteiger partial charge in [0, 0.05) is 25.2 Å². The minimum absolute atomic E-state index is 0.139. The highest BCUT2D eigenvalue weighted by Crippen LogP contribution is 2.33. The predicted molar refractivity (Wildman–Crippen MR) is 119 cm³/mol. The van der Waals surface area contributed by atoms with E-state index in [1.807, 2.05) is 0 Å². The molecule has 0 N–H and O–H groups in total. The van der Waals surface area contributed by atoms with Crippen LogP contribution in [0.5, 0.6) is 0 Å². The van der Waals surface area contributed by atoms with Crippen molar-refractivity contribution in [3.05, 3.63) is 71.3 Å². The molecule has 0 spiro atoms. The summed E-state index contributed by atoms with van der Waals surface area (Å²) in [6, 6.07) is 13.4. The van der Waals surface area contributed by atoms with Crippen LogP contribution in [0.4, 0.5) is 8.78 Å². The Balaban J connectivity index is 1.31. The molecule has 4 rings (SSSR count). The molecule has 2 saturated heterocycles. The highest BCUT2D eigenvalue weighted by atomic mass is 32.2. The molecule has 168 valence electrons. The molecule has 2 atom stereocenters. The fourth-order valence-corrected chi connectivity index (χ4v) is 6.16. The normalized spacial score (nSPS) is 22.9. The Morgan fingerprint density at radius 3 is 1.48 bits per heavy atom. The van der Waals surface area contributed by atoms with Gasteiger partial charge in [-0.1, -0.05) is 24.3 Å². The second-order valence-corrected chi connectivity index (χ2v) is 10.9. The minimum Gasteiger partial charge on any atom is -0.295 e. The number of likely N-dealkylation sites (tertiary alicyclic amines) is 2. The van der Waals surface area contributed by atoms with Crippen molar-refractivity contribution >= 4 is 9.84 Å². The summed E-state index contributed by atoms with van der Waals surface area (Å²) in [7, 11) is -3.18. The van der Waals surface area contributed by atoms with E-state index in [1.54, 1.807) is 24.3 Å². The van der Waals surface area contributed by atoms with Crippen LogP contribution in [-0.2, 0) is 9.84 Å². The van der Waals surface area contributed by atoms with Gasteiger partial charge >= 0.3 is 0 Å². The number of benzene rings is 2. The van der Waals surface area contributed by atoms with Crippen molar-refractivity contribution in [1.82, 2.24) is 9.80 Å². The van der Waals surface area contributed by atoms with Gasteiger partial charge in [-0.15, -0.1) is 0 Å². The van der Waals surface area contributed by atoms with Crippen LogP contribution in [0.15, 0.2) is 48.5 Å². The standard InChI is InChI=1S/C24H30F2N2O2S/c25-21-9-5-19(6-10-21)23-3-1-13-27(23)15-17-31(29,30)18-16-28-14-2-4-24(28)20-7-11-22(26)12-8-20/h5-12,23-24H,1-4,13-18H2. The molecule has 31 heavy (non-hydrogen) atoms. The first kappa shape index (κ1) is 22.4. The summed E-state index contributed by atoms with van der Waals surface area (Å²) in [5.41, 5.74) is 2.10. The summed E-state index contributed by atoms with van der Waals surface area (Å²) >= 11 is 0. The maximum absolute atomic E-state index is 13.2. The minimum atomic E-state index is -3.18. The number of halogens is 2. The van der Waals surface area contributed by atoms with E-state index >= 15 is 0 Å². The Kier molecular flexibility index (Phi) is 7.04. The van der Waals surface area contributed by atoms with E-state index < -0.39 is 9.84 Å². The molecule has 0 saturated carbocycles. The zero-order chi connectivity index (χ0) is 21.8. The summed E-state index contributed by atoms with van der Waals surface area (Å²) in [5, 5.41) is 0. The number of hydrogen-bond acceptors (Lipinski definition) is 4. The second kappa shape index (κ2) is 9.76. The molecule has 0 bridgehead atoms. The highest BCUT2D eigenvalue weighted by molar-refractivity contribution is 7.91. The van der Waals surface area contributed by atoms with Crippen molar-refractivity contribution in [2.75, 3.05) is 37.7 Å². The molecule has 0 aliphatic carbocycles. The van der Waals surface area contributed by atoms with E-state index in [0.29, 0.717) is 13.1 Å². The van der Waals surface area contributed by atoms with Crippen LogP contribution in [0.1, 0.15) is 48.9 Å². The second-order valence-electron chi connectivity index (χ2n) is 8.64. The van der Waals surface area contributed by atoms with Crippen LogP contribution in [0.25, 0.3) is 0 Å². The lowest BCUT2D eigenvalue weighted by Gasteiger charge is -2.26. The van der Waals surface area contributed by atoms with Crippen molar-refractivity contribution in [2.24, 2.45) is 0 Å². The smallest absolute Gasteiger partial charge is 0.152 e. The van der Waals surface area contributed by atoms with Gasteiger partial charge in [-0.05, 0) is 74.2 Å². The third kappa shape index (κ3) is 5.70. The molecule has 2 aliphatic rings. The van der Waals surface area contributed by atoms with E-state index in [1.165, 1.54) is 24.3 Å². The van der Waals surface area contributed by atoms with Crippen LogP contribution in [0, 0.1) is 11.6 Å². The lowest BCUT2D eigenvalue weighted by Crippen LogP contribution is -2.33. The van der Waals surface area contributed by atoms with Gasteiger partial charge in [0.15, 0.2) is 9.84 Å². The molecule has 2 aromatic carbocycles. The molecule has 0 amide bonds. The maximum atomic E-state index is 13.2. The number of nitrogens with zero attached hydrogens (tertiary/aromatic N) is 2. The Morgan fingerprint density at radius 2 is 1.10 bits per heavy atom. The quantitative estimate of drug-likeness (QED) is 0.602. The third-order valence-corrected chi connectivity index (χ3v) is 8.23. The van der Waals surface area contributed by atoms with Crippen molar-refractivity contribution in [1.29, 1.82) is 0 Å². The molecule has 0 aromatic heterocycles. The molecule has 0 radical (unpaired) electrons. The van der Waals surface area contributed by atoms with Crippen LogP contribution < -0.4 is 0 Å². The van der Waals surface area contributed by atoms with Crippen molar-refractivity contribution in [3.63, 3.8) is 0 Å². The topological polar surface area (TPSA) is 40.6 Å². The largest absolute Gasteiger partial charge is 0.295 e. The first-order chi connectivity index (χ1) is 14.9. The molecular formula is C24H30F2N2O2S. The summed E-state index contributed by atoms with van der Waals surface area (Å²) in [5.74, 6) is -0.229. The van der Waals surface area contributed by atoms with Gasteiger partial charge in [-0.2, -0.15) is 0 Å². The van der Waals surface area contributed by atoms with Gasteiger partial charge in [0.1, 0.15) is 11.6 Å². The predicted octanol–water partition coefficient (Wildman–Crippen LogP) is 4.35. The van der Waals surface area contributed by atoms with E-state index in [0.717, 1.165) is 49.9 Å². The van der Waals surface area contributed by atoms with E-state index in [2.05, 4.69) is 9.80 Å². The van der Waals surface area contributed by atoms with Crippen molar-refractivity contribution in [2.45, 2.75) is 37.8 Å². The Labute approximate surface area is 183 Å². The third-order valence-electron chi connectivity index (χ3n) is 6.62. The van der Waals surface area contributed by atoms with Crippen molar-refractivity contribution < 1.29 is 17.2 Å². The monoisotopic (exact) mass is 448 g/mol. The molecule has 4 nitrogen and oxygen atoms in total. The lowest BCUT2D eigenvalue weighted by atomic mass is 10.0. The van der Waals surface area contributed by atoms with Crippen LogP contribution >= 0.6 is 0 Å². The van der Waals surface area contributed by atoms with Gasteiger partial charge in [-0.25, -0.2) is 17.2 Å². The number of rotatable bonds is 8. The van der Waals surface area contributed by atoms with E-state index in [9.17, 15) is 17.2 Å². The molecule has 2 fully saturated rings. The maximum Gasteiger partial charge on any atom is 0.152 e. The average molecular weight is 449 g/mol. The molecule has 2 heterocycles. The zero-order valence-electron chi connectivity index (χ0n) is 17.7. The van der Waals surface area contributed by atoms with Crippen LogP contribution in [0.2, 0.25) is 0 Å². The molecule has 2 unspecified atom stereocenters. The fraction of sp³-hybridized carbons (Fsp3) is 0.500. The summed E-state index contributed by atoms with van der Waals surface area (Å²) in [6.07, 6.45) is 3.99. The lowest BCUT2D eigenvalue weighted by molar-refractivity contribution is 0.268. The molecule has 2 aliphatic heterocycles. The molecular weight excluding hydrogens is 418 g/mol. The Morgan fingerprint density at radius 1 is 0.710 bits per heavy atom. The number of hydrogen-bond donors (Lipinski definition) is 0. The summed E-state index contributed by atoms with van der Waals surface area (Å²) in [4.78, 5) is 4.42. The summed E-state index contributed by atoms with van der Waals surface area (Å²) < 4.78 is 52.0. The Hall–Kier alpha value is -1.83. The molecule has 2 aromatic rings. The zero-order valence-corrected chi connectivity index (χ0v) is 18.5. The number of sulfone groups is 1. The van der Waals surface area contributed by atoms with Gasteiger partial charge < -0.3 is 0 Å². The first-order valence-electron chi connectivity index (χ1n) is 11.1. The molecule has 7 heteroatoms. The van der Waals surface area contributed by atoms with E-state index in [4.69, 9.17) is 0 Å². The van der Waals surface area contributed by atoms with Gasteiger partial charge in [-0.3, -0.25) is 9.80 Å². The van der Waals surface area contributed by atoms with Crippen molar-refractivity contribution in [3.8, 4) is 0 Å². The SMILES string of the molecule is O=S(=O)(CCN1CCCC1c1ccc(F)cc1)CCN1CCCC1c1ccc(F)cc1. The van der Waals surface area contributed by atoms with Gasteiger partial charge in [0.05, 0.1) is 11.5 Å². The first-order valence-corrected chi connectivity index (χ1v) is 12.9. The summed E-state index contributed by atoms with van der Waals surface area (Å²) in [6.45, 7) is 2.75. The fourth-order valence-electron chi connectivity index (χ4n) is 4.93. The van der Waals surface area contributed by atoms with Gasteiger partial charge in [0.2, 0.25) is 0 Å². The van der Waals surface area contributed by atoms with Crippen LogP contribution in [-0.4, -0.2) is 55.9 Å².